The van der Waals surface area contributed by atoms with Crippen molar-refractivity contribution < 1.29 is 32.9 Å². The van der Waals surface area contributed by atoms with Gasteiger partial charge >= 0.3 is 7.82 Å². The van der Waals surface area contributed by atoms with E-state index in [4.69, 9.17) is 9.05 Å². The average Bonchev–Trinajstić information content (AvgIpc) is 3.37. The van der Waals surface area contributed by atoms with Gasteiger partial charge in [-0.3, -0.25) is 13.8 Å². The molecule has 3 unspecified atom stereocenters. The summed E-state index contributed by atoms with van der Waals surface area (Å²) in [5.41, 5.74) is 0. The molecule has 1 amide bonds. The van der Waals surface area contributed by atoms with Crippen molar-refractivity contribution in [1.82, 2.24) is 5.32 Å². The highest BCUT2D eigenvalue weighted by molar-refractivity contribution is 7.47. The number of likely N-dealkylation sites (N-methyl/N-ethyl adjacent to an activating group) is 1. The first kappa shape index (κ1) is 72.7. The predicted octanol–water partition coefficient (Wildman–Crippen LogP) is 19.6. The Morgan fingerprint density at radius 2 is 0.813 bits per heavy atom. The smallest absolute Gasteiger partial charge is 0.387 e. The number of nitrogens with one attached hydrogen (secondary N) is 1. The fraction of sp³-hybridized carbons (Fsp3) is 0.773. The lowest BCUT2D eigenvalue weighted by molar-refractivity contribution is -0.870. The van der Waals surface area contributed by atoms with Crippen molar-refractivity contribution in [2.75, 3.05) is 40.9 Å². The number of nitrogens with zero attached hydrogens (tertiary/aromatic N) is 1. The highest BCUT2D eigenvalue weighted by Crippen LogP contribution is 2.43. The normalized spacial score (nSPS) is 14.4. The van der Waals surface area contributed by atoms with Crippen LogP contribution in [0.5, 0.6) is 0 Å². The first-order chi connectivity index (χ1) is 36.5. The monoisotopic (exact) mass is 1070 g/mol. The van der Waals surface area contributed by atoms with Crippen LogP contribution < -0.4 is 5.32 Å². The van der Waals surface area contributed by atoms with Gasteiger partial charge in [0, 0.05) is 6.42 Å². The highest BCUT2D eigenvalue weighted by Gasteiger charge is 2.27. The van der Waals surface area contributed by atoms with Gasteiger partial charge in [-0.15, -0.1) is 0 Å². The Kier molecular flexibility index (Phi) is 54.7. The van der Waals surface area contributed by atoms with Gasteiger partial charge in [0.15, 0.2) is 0 Å². The second kappa shape index (κ2) is 56.4. The first-order valence-corrected chi connectivity index (χ1v) is 33.0. The zero-order chi connectivity index (χ0) is 54.9. The number of hydrogen-bond acceptors (Lipinski definition) is 5. The van der Waals surface area contributed by atoms with Gasteiger partial charge < -0.3 is 19.8 Å². The maximum atomic E-state index is 13.0. The van der Waals surface area contributed by atoms with Crippen LogP contribution in [0.15, 0.2) is 85.1 Å². The zero-order valence-electron chi connectivity index (χ0n) is 49.8. The average molecular weight is 1070 g/mol. The molecule has 0 aliphatic carbocycles. The molecule has 0 aliphatic rings. The summed E-state index contributed by atoms with van der Waals surface area (Å²) >= 11 is 0. The number of carbonyl (C=O) groups excluding carboxylic acids is 1. The Morgan fingerprint density at radius 1 is 0.467 bits per heavy atom. The molecular formula is C66H122N2O6P+. The van der Waals surface area contributed by atoms with Gasteiger partial charge in [-0.25, -0.2) is 4.57 Å². The van der Waals surface area contributed by atoms with Gasteiger partial charge in [-0.1, -0.05) is 272 Å². The molecule has 0 saturated carbocycles. The molecule has 0 aromatic rings. The molecule has 0 spiro atoms. The summed E-state index contributed by atoms with van der Waals surface area (Å²) in [6.07, 6.45) is 80.1. The zero-order valence-corrected chi connectivity index (χ0v) is 50.7. The van der Waals surface area contributed by atoms with Gasteiger partial charge in [-0.2, -0.15) is 0 Å². The van der Waals surface area contributed by atoms with E-state index in [1.54, 1.807) is 6.08 Å². The van der Waals surface area contributed by atoms with Crippen LogP contribution in [0, 0.1) is 0 Å². The number of allylic oxidation sites excluding steroid dienone is 13. The minimum Gasteiger partial charge on any atom is -0.387 e. The van der Waals surface area contributed by atoms with Crippen LogP contribution in [-0.2, 0) is 18.4 Å². The van der Waals surface area contributed by atoms with Gasteiger partial charge in [0.25, 0.3) is 0 Å². The van der Waals surface area contributed by atoms with Crippen LogP contribution in [0.25, 0.3) is 0 Å². The Bertz CT molecular complexity index is 1500. The van der Waals surface area contributed by atoms with Crippen LogP contribution in [0.4, 0.5) is 0 Å². The van der Waals surface area contributed by atoms with Crippen LogP contribution in [-0.4, -0.2) is 73.4 Å². The third-order valence-corrected chi connectivity index (χ3v) is 14.8. The Morgan fingerprint density at radius 3 is 1.23 bits per heavy atom. The molecular weight excluding hydrogens is 948 g/mol. The van der Waals surface area contributed by atoms with E-state index in [1.165, 1.54) is 186 Å². The molecule has 8 nitrogen and oxygen atoms in total. The lowest BCUT2D eigenvalue weighted by Gasteiger charge is -2.25. The van der Waals surface area contributed by atoms with E-state index in [-0.39, 0.29) is 19.1 Å². The fourth-order valence-electron chi connectivity index (χ4n) is 8.95. The van der Waals surface area contributed by atoms with Gasteiger partial charge in [0.05, 0.1) is 39.9 Å². The minimum atomic E-state index is -4.36. The molecule has 3 N–H and O–H groups in total. The van der Waals surface area contributed by atoms with Crippen molar-refractivity contribution in [2.24, 2.45) is 0 Å². The van der Waals surface area contributed by atoms with Crippen molar-refractivity contribution in [3.8, 4) is 0 Å². The SMILES string of the molecule is CC/C=C\C/C=C\C/C=C\C/C=C\CCCCCCCCCCCCCCCCCCCCCCCCCCC(=O)NC(COP(=O)(O)OCC[N+](C)(C)C)C(O)/C=C/CC/C=C/CC/C=C/CCCCCCCC. The van der Waals surface area contributed by atoms with Crippen LogP contribution in [0.3, 0.4) is 0 Å². The van der Waals surface area contributed by atoms with Gasteiger partial charge in [0.1, 0.15) is 13.2 Å². The molecule has 0 radical (unpaired) electrons. The van der Waals surface area contributed by atoms with E-state index in [1.807, 2.05) is 27.2 Å². The maximum Gasteiger partial charge on any atom is 0.472 e. The van der Waals surface area contributed by atoms with Crippen molar-refractivity contribution in [2.45, 2.75) is 289 Å². The van der Waals surface area contributed by atoms with Crippen molar-refractivity contribution >= 4 is 13.7 Å². The minimum absolute atomic E-state index is 0.0525. The number of hydrogen-bond donors (Lipinski definition) is 3. The van der Waals surface area contributed by atoms with E-state index in [2.05, 4.69) is 92.1 Å². The summed E-state index contributed by atoms with van der Waals surface area (Å²) < 4.78 is 23.7. The van der Waals surface area contributed by atoms with Crippen molar-refractivity contribution in [3.63, 3.8) is 0 Å². The van der Waals surface area contributed by atoms with Crippen LogP contribution >= 0.6 is 7.82 Å². The van der Waals surface area contributed by atoms with Crippen molar-refractivity contribution in [1.29, 1.82) is 0 Å². The Labute approximate surface area is 465 Å². The van der Waals surface area contributed by atoms with E-state index in [9.17, 15) is 19.4 Å². The van der Waals surface area contributed by atoms with Crippen LogP contribution in [0.2, 0.25) is 0 Å². The quantitative estimate of drug-likeness (QED) is 0.0243. The summed E-state index contributed by atoms with van der Waals surface area (Å²) in [4.78, 5) is 23.3. The summed E-state index contributed by atoms with van der Waals surface area (Å²) in [6.45, 7) is 4.68. The number of unbranched alkanes of at least 4 members (excludes halogenated alkanes) is 32. The number of quaternary nitrogens is 1. The highest BCUT2D eigenvalue weighted by atomic mass is 31.2. The maximum absolute atomic E-state index is 13.0. The molecule has 0 heterocycles. The summed E-state index contributed by atoms with van der Waals surface area (Å²) in [5.74, 6) is -0.189. The predicted molar refractivity (Wildman–Crippen MR) is 327 cm³/mol. The van der Waals surface area contributed by atoms with E-state index < -0.39 is 20.0 Å². The molecule has 0 aromatic carbocycles. The molecule has 0 fully saturated rings. The van der Waals surface area contributed by atoms with E-state index in [0.29, 0.717) is 17.4 Å². The molecule has 0 rings (SSSR count). The topological polar surface area (TPSA) is 105 Å². The Hall–Kier alpha value is -2.32. The standard InChI is InChI=1S/C66H121N2O6P/c1-6-8-10-12-14-16-18-20-22-24-25-26-27-28-29-30-31-32-33-34-35-36-37-38-39-40-41-42-43-44-46-48-50-52-54-56-58-60-66(70)67-64(63-74-75(71,72)73-62-61-68(3,4)5)65(69)59-57-55-53-51-49-47-45-23-21-19-17-15-13-11-9-7-2/h8,10,14,16,20-23,25-26,49,51,57,59,64-65,69H,6-7,9,11-13,15,17-19,24,27-48,50,52-56,58,60-63H2,1-5H3,(H-,67,70,71,72)/p+1/b10-8-,16-14-,22-20-,23-21+,26-25-,51-49+,59-57+. The van der Waals surface area contributed by atoms with E-state index in [0.717, 1.165) is 70.6 Å². The molecule has 9 heteroatoms. The fourth-order valence-corrected chi connectivity index (χ4v) is 9.69. The number of phosphoric ester groups is 1. The van der Waals surface area contributed by atoms with Crippen LogP contribution in [0.1, 0.15) is 277 Å². The van der Waals surface area contributed by atoms with Crippen molar-refractivity contribution in [3.05, 3.63) is 85.1 Å². The largest absolute Gasteiger partial charge is 0.472 e. The number of rotatable bonds is 57. The number of amides is 1. The molecule has 0 aromatic heterocycles. The lowest BCUT2D eigenvalue weighted by Crippen LogP contribution is -2.45. The third-order valence-electron chi connectivity index (χ3n) is 13.8. The lowest BCUT2D eigenvalue weighted by atomic mass is 10.0. The number of aliphatic hydroxyl groups excluding tert-OH is 1. The van der Waals surface area contributed by atoms with E-state index >= 15 is 0 Å². The second-order valence-electron chi connectivity index (χ2n) is 22.4. The number of carbonyl (C=O) groups is 1. The molecule has 0 saturated heterocycles. The molecule has 75 heavy (non-hydrogen) atoms. The number of phosphoric acid groups is 1. The summed E-state index contributed by atoms with van der Waals surface area (Å²) in [6, 6.07) is -0.871. The second-order valence-corrected chi connectivity index (χ2v) is 23.8. The van der Waals surface area contributed by atoms with Gasteiger partial charge in [0.2, 0.25) is 5.91 Å². The molecule has 3 atom stereocenters. The number of aliphatic hydroxyl groups is 1. The van der Waals surface area contributed by atoms with Gasteiger partial charge in [-0.05, 0) is 83.5 Å². The first-order valence-electron chi connectivity index (χ1n) is 31.5. The summed E-state index contributed by atoms with van der Waals surface area (Å²) in [5, 5.41) is 13.9. The molecule has 0 aliphatic heterocycles. The molecule has 436 valence electrons. The Balaban J connectivity index is 4.00. The summed E-state index contributed by atoms with van der Waals surface area (Å²) in [7, 11) is 1.55. The third kappa shape index (κ3) is 59.2. The molecule has 0 bridgehead atoms.